The zero-order valence-electron chi connectivity index (χ0n) is 13.4. The van der Waals surface area contributed by atoms with Crippen molar-refractivity contribution in [3.8, 4) is 11.5 Å². The van der Waals surface area contributed by atoms with Crippen LogP contribution in [-0.2, 0) is 11.3 Å². The van der Waals surface area contributed by atoms with E-state index in [2.05, 4.69) is 10.1 Å². The molecule has 1 amide bonds. The smallest absolute Gasteiger partial charge is 0.257 e. The van der Waals surface area contributed by atoms with E-state index in [1.54, 1.807) is 4.90 Å². The zero-order chi connectivity index (χ0) is 17.2. The Morgan fingerprint density at radius 2 is 1.88 bits per heavy atom. The minimum atomic E-state index is -0.0591. The topological polar surface area (TPSA) is 59.2 Å². The lowest BCUT2D eigenvalue weighted by atomic mass is 10.1. The second kappa shape index (κ2) is 6.69. The normalized spacial score (nSPS) is 17.2. The van der Waals surface area contributed by atoms with E-state index in [1.807, 2.05) is 54.6 Å². The van der Waals surface area contributed by atoms with Crippen LogP contribution in [0.5, 0.6) is 0 Å². The SMILES string of the molecule is O=C1CC(c2noc(-c3ccccc3)n2)CN1Cc1ccccc1Cl. The Morgan fingerprint density at radius 3 is 2.68 bits per heavy atom. The second-order valence-electron chi connectivity index (χ2n) is 6.09. The fourth-order valence-electron chi connectivity index (χ4n) is 3.03. The number of nitrogens with zero attached hydrogens (tertiary/aromatic N) is 3. The Morgan fingerprint density at radius 1 is 1.12 bits per heavy atom. The molecule has 0 N–H and O–H groups in total. The monoisotopic (exact) mass is 353 g/mol. The van der Waals surface area contributed by atoms with Crippen molar-refractivity contribution in [1.29, 1.82) is 0 Å². The summed E-state index contributed by atoms with van der Waals surface area (Å²) < 4.78 is 5.36. The molecule has 1 atom stereocenters. The van der Waals surface area contributed by atoms with Gasteiger partial charge in [0.25, 0.3) is 5.89 Å². The first kappa shape index (κ1) is 15.8. The molecule has 1 aliphatic heterocycles. The highest BCUT2D eigenvalue weighted by Crippen LogP contribution is 2.30. The summed E-state index contributed by atoms with van der Waals surface area (Å²) >= 11 is 6.20. The van der Waals surface area contributed by atoms with Gasteiger partial charge in [-0.05, 0) is 23.8 Å². The van der Waals surface area contributed by atoms with Gasteiger partial charge < -0.3 is 9.42 Å². The van der Waals surface area contributed by atoms with Crippen LogP contribution in [0.1, 0.15) is 23.7 Å². The Balaban J connectivity index is 1.49. The van der Waals surface area contributed by atoms with Crippen molar-refractivity contribution in [3.05, 3.63) is 71.0 Å². The van der Waals surface area contributed by atoms with Gasteiger partial charge in [-0.1, -0.05) is 53.2 Å². The summed E-state index contributed by atoms with van der Waals surface area (Å²) in [6.07, 6.45) is 0.387. The standard InChI is InChI=1S/C19H16ClN3O2/c20-16-9-5-4-8-14(16)11-23-12-15(10-17(23)24)18-21-19(25-22-18)13-6-2-1-3-7-13/h1-9,15H,10-12H2. The van der Waals surface area contributed by atoms with E-state index >= 15 is 0 Å². The van der Waals surface area contributed by atoms with Crippen LogP contribution in [0.3, 0.4) is 0 Å². The molecule has 6 heteroatoms. The van der Waals surface area contributed by atoms with Gasteiger partial charge in [-0.25, -0.2) is 0 Å². The van der Waals surface area contributed by atoms with E-state index in [4.69, 9.17) is 16.1 Å². The third-order valence-corrected chi connectivity index (χ3v) is 4.73. The molecule has 0 radical (unpaired) electrons. The van der Waals surface area contributed by atoms with Crippen molar-refractivity contribution in [2.75, 3.05) is 6.54 Å². The molecule has 0 spiro atoms. The van der Waals surface area contributed by atoms with E-state index in [0.717, 1.165) is 11.1 Å². The molecule has 25 heavy (non-hydrogen) atoms. The number of carbonyl (C=O) groups is 1. The molecule has 1 fully saturated rings. The van der Waals surface area contributed by atoms with E-state index < -0.39 is 0 Å². The lowest BCUT2D eigenvalue weighted by molar-refractivity contribution is -0.128. The largest absolute Gasteiger partial charge is 0.338 e. The van der Waals surface area contributed by atoms with Crippen molar-refractivity contribution >= 4 is 17.5 Å². The Bertz CT molecular complexity index is 894. The van der Waals surface area contributed by atoms with Gasteiger partial charge in [0.05, 0.1) is 0 Å². The molecule has 3 aromatic rings. The third-order valence-electron chi connectivity index (χ3n) is 4.36. The predicted octanol–water partition coefficient (Wildman–Crippen LogP) is 3.91. The molecule has 2 aromatic carbocycles. The minimum absolute atomic E-state index is 0.0591. The highest BCUT2D eigenvalue weighted by Gasteiger charge is 2.34. The maximum Gasteiger partial charge on any atom is 0.257 e. The molecular formula is C19H16ClN3O2. The van der Waals surface area contributed by atoms with E-state index in [1.165, 1.54) is 0 Å². The Hall–Kier alpha value is -2.66. The first-order valence-electron chi connectivity index (χ1n) is 8.11. The fraction of sp³-hybridized carbons (Fsp3) is 0.211. The van der Waals surface area contributed by atoms with Gasteiger partial charge in [0.15, 0.2) is 5.82 Å². The first-order valence-corrected chi connectivity index (χ1v) is 8.48. The highest BCUT2D eigenvalue weighted by molar-refractivity contribution is 6.31. The van der Waals surface area contributed by atoms with Crippen LogP contribution in [0.4, 0.5) is 0 Å². The zero-order valence-corrected chi connectivity index (χ0v) is 14.2. The van der Waals surface area contributed by atoms with Crippen LogP contribution in [0.15, 0.2) is 59.1 Å². The summed E-state index contributed by atoms with van der Waals surface area (Å²) in [7, 11) is 0. The number of carbonyl (C=O) groups excluding carboxylic acids is 1. The van der Waals surface area contributed by atoms with Crippen molar-refractivity contribution in [2.45, 2.75) is 18.9 Å². The van der Waals surface area contributed by atoms with Gasteiger partial charge in [0.1, 0.15) is 0 Å². The van der Waals surface area contributed by atoms with Crippen molar-refractivity contribution in [2.24, 2.45) is 0 Å². The fourth-order valence-corrected chi connectivity index (χ4v) is 3.22. The molecule has 4 rings (SSSR count). The number of hydrogen-bond acceptors (Lipinski definition) is 4. The lowest BCUT2D eigenvalue weighted by Gasteiger charge is -2.16. The van der Waals surface area contributed by atoms with Crippen LogP contribution in [0.2, 0.25) is 5.02 Å². The Labute approximate surface area is 150 Å². The second-order valence-corrected chi connectivity index (χ2v) is 6.50. The molecule has 1 saturated heterocycles. The molecule has 0 bridgehead atoms. The van der Waals surface area contributed by atoms with Crippen LogP contribution < -0.4 is 0 Å². The van der Waals surface area contributed by atoms with Crippen molar-refractivity contribution in [1.82, 2.24) is 15.0 Å². The summed E-state index contributed by atoms with van der Waals surface area (Å²) in [6, 6.07) is 17.2. The van der Waals surface area contributed by atoms with Gasteiger partial charge >= 0.3 is 0 Å². The maximum atomic E-state index is 12.3. The average Bonchev–Trinajstić information content (AvgIpc) is 3.25. The van der Waals surface area contributed by atoms with E-state index in [-0.39, 0.29) is 11.8 Å². The molecule has 1 aliphatic rings. The number of benzene rings is 2. The summed E-state index contributed by atoms with van der Waals surface area (Å²) in [4.78, 5) is 18.6. The van der Waals surface area contributed by atoms with Crippen LogP contribution >= 0.6 is 11.6 Å². The summed E-state index contributed by atoms with van der Waals surface area (Å²) in [5.74, 6) is 1.08. The third kappa shape index (κ3) is 3.28. The molecule has 126 valence electrons. The highest BCUT2D eigenvalue weighted by atomic mass is 35.5. The minimum Gasteiger partial charge on any atom is -0.338 e. The summed E-state index contributed by atoms with van der Waals surface area (Å²) in [5.41, 5.74) is 1.81. The number of halogens is 1. The molecule has 5 nitrogen and oxygen atoms in total. The number of likely N-dealkylation sites (tertiary alicyclic amines) is 1. The number of hydrogen-bond donors (Lipinski definition) is 0. The molecule has 1 unspecified atom stereocenters. The van der Waals surface area contributed by atoms with Crippen molar-refractivity contribution < 1.29 is 9.32 Å². The van der Waals surface area contributed by atoms with Gasteiger partial charge in [-0.15, -0.1) is 0 Å². The first-order chi connectivity index (χ1) is 12.2. The predicted molar refractivity (Wildman–Crippen MR) is 94.0 cm³/mol. The number of aromatic nitrogens is 2. The molecule has 0 aliphatic carbocycles. The average molecular weight is 354 g/mol. The molecular weight excluding hydrogens is 338 g/mol. The van der Waals surface area contributed by atoms with Crippen LogP contribution in [0, 0.1) is 0 Å². The quantitative estimate of drug-likeness (QED) is 0.713. The van der Waals surface area contributed by atoms with E-state index in [0.29, 0.717) is 36.2 Å². The number of amides is 1. The maximum absolute atomic E-state index is 12.3. The van der Waals surface area contributed by atoms with E-state index in [9.17, 15) is 4.79 Å². The van der Waals surface area contributed by atoms with Crippen LogP contribution in [-0.4, -0.2) is 27.5 Å². The molecule has 1 aromatic heterocycles. The number of rotatable bonds is 4. The van der Waals surface area contributed by atoms with Gasteiger partial charge in [0, 0.05) is 36.0 Å². The molecule has 2 heterocycles. The van der Waals surface area contributed by atoms with Crippen LogP contribution in [0.25, 0.3) is 11.5 Å². The van der Waals surface area contributed by atoms with Gasteiger partial charge in [-0.2, -0.15) is 4.98 Å². The van der Waals surface area contributed by atoms with Gasteiger partial charge in [0.2, 0.25) is 5.91 Å². The Kier molecular flexibility index (Phi) is 4.24. The van der Waals surface area contributed by atoms with Gasteiger partial charge in [-0.3, -0.25) is 4.79 Å². The summed E-state index contributed by atoms with van der Waals surface area (Å²) in [6.45, 7) is 1.07. The summed E-state index contributed by atoms with van der Waals surface area (Å²) in [5, 5.41) is 4.75. The van der Waals surface area contributed by atoms with Crippen molar-refractivity contribution in [3.63, 3.8) is 0 Å². The molecule has 0 saturated carbocycles. The lowest BCUT2D eigenvalue weighted by Crippen LogP contribution is -2.24.